The molecule has 9 atom stereocenters. The SMILES string of the molecule is CC(C)C[C@H](NC(=O)[C@@H](N)C(C)C)C(=O)N[C@@H](CS)C(=O)N[C@@H](CS)C(=O)N[C@@H](Cc1ccc(O)cc1)C(=O)N[C@H](C(=O)N[C@@H](CC(C)C)C(=O)N[C@@H](CCC(=O)O)C(=O)N[C@@H](CCC(=O)O)C(=O)O)C(C)C. The van der Waals surface area contributed by atoms with Crippen LogP contribution < -0.4 is 48.3 Å². The highest BCUT2D eigenvalue weighted by Crippen LogP contribution is 2.15. The maximum atomic E-state index is 14.2. The van der Waals surface area contributed by atoms with Crippen LogP contribution in [-0.4, -0.2) is 151 Å². The lowest BCUT2D eigenvalue weighted by Crippen LogP contribution is -2.62. The molecule has 24 nitrogen and oxygen atoms in total. The molecule has 0 spiro atoms. The van der Waals surface area contributed by atoms with Crippen LogP contribution in [0, 0.1) is 23.7 Å². The van der Waals surface area contributed by atoms with E-state index in [1.165, 1.54) is 24.3 Å². The topological polar surface area (TPSA) is 391 Å². The number of hydrogen-bond acceptors (Lipinski definition) is 15. The Kier molecular flexibility index (Phi) is 28.5. The summed E-state index contributed by atoms with van der Waals surface area (Å²) in [5, 5.41) is 57.8. The van der Waals surface area contributed by atoms with E-state index >= 15 is 0 Å². The molecule has 0 aliphatic carbocycles. The first kappa shape index (κ1) is 64.9. The van der Waals surface area contributed by atoms with E-state index in [1.54, 1.807) is 41.5 Å². The van der Waals surface area contributed by atoms with Gasteiger partial charge in [0.1, 0.15) is 54.1 Å². The quantitative estimate of drug-likeness (QED) is 0.0384. The molecule has 0 saturated carbocycles. The summed E-state index contributed by atoms with van der Waals surface area (Å²) in [4.78, 5) is 144. The van der Waals surface area contributed by atoms with Crippen molar-refractivity contribution in [1.82, 2.24) is 42.5 Å². The van der Waals surface area contributed by atoms with Crippen molar-refractivity contribution in [3.8, 4) is 5.75 Å². The summed E-state index contributed by atoms with van der Waals surface area (Å²) in [6, 6.07) is -6.65. The van der Waals surface area contributed by atoms with Gasteiger partial charge in [-0.3, -0.25) is 47.9 Å². The Morgan fingerprint density at radius 3 is 1.22 bits per heavy atom. The van der Waals surface area contributed by atoms with Crippen LogP contribution in [0.1, 0.15) is 99.5 Å². The minimum Gasteiger partial charge on any atom is -0.508 e. The smallest absolute Gasteiger partial charge is 0.326 e. The van der Waals surface area contributed by atoms with Gasteiger partial charge in [0.25, 0.3) is 0 Å². The predicted molar refractivity (Wildman–Crippen MR) is 273 cm³/mol. The van der Waals surface area contributed by atoms with Crippen LogP contribution >= 0.6 is 25.3 Å². The lowest BCUT2D eigenvalue weighted by molar-refractivity contribution is -0.144. The molecule has 0 radical (unpaired) electrons. The standard InChI is InChI=1S/C47H75N9O15S2/c1-22(2)17-30(52-45(68)37(48)24(5)6)41(64)54-34(21-73)44(67)55-33(20-72)43(66)51-32(19-26-9-11-27(57)12-10-26)42(65)56-38(25(7)8)46(69)53-31(18-23(3)4)40(63)49-28(13-15-35(58)59)39(62)50-29(47(70)71)14-16-36(60)61/h9-12,22-25,28-34,37-38,57,72-73H,13-21,48H2,1-8H3,(H,49,63)(H,50,62)(H,51,66)(H,52,68)(H,53,69)(H,54,64)(H,55,67)(H,56,65)(H,58,59)(H,60,61)(H,70,71)/t28-,29-,30-,31-,32-,33-,34-,37-,38-/m0/s1. The van der Waals surface area contributed by atoms with Crippen molar-refractivity contribution in [3.63, 3.8) is 0 Å². The summed E-state index contributed by atoms with van der Waals surface area (Å²) < 4.78 is 0. The Morgan fingerprint density at radius 1 is 0.466 bits per heavy atom. The third kappa shape index (κ3) is 24.0. The van der Waals surface area contributed by atoms with Gasteiger partial charge in [-0.25, -0.2) is 4.79 Å². The van der Waals surface area contributed by atoms with Crippen LogP contribution in [0.3, 0.4) is 0 Å². The highest BCUT2D eigenvalue weighted by molar-refractivity contribution is 7.80. The summed E-state index contributed by atoms with van der Waals surface area (Å²) in [5.41, 5.74) is 6.43. The first-order valence-electron chi connectivity index (χ1n) is 23.9. The van der Waals surface area contributed by atoms with E-state index < -0.39 is 151 Å². The summed E-state index contributed by atoms with van der Waals surface area (Å²) in [6.07, 6.45) is -2.37. The Labute approximate surface area is 435 Å². The van der Waals surface area contributed by atoms with Gasteiger partial charge in [0, 0.05) is 30.8 Å². The number of hydrogen-bond donors (Lipinski definition) is 15. The number of phenols is 1. The summed E-state index contributed by atoms with van der Waals surface area (Å²) >= 11 is 8.48. The molecule has 14 N–H and O–H groups in total. The second kappa shape index (κ2) is 32.1. The van der Waals surface area contributed by atoms with Gasteiger partial charge in [-0.15, -0.1) is 0 Å². The molecule has 0 aliphatic rings. The molecule has 0 bridgehead atoms. The van der Waals surface area contributed by atoms with Crippen LogP contribution in [0.4, 0.5) is 0 Å². The lowest BCUT2D eigenvalue weighted by atomic mass is 9.98. The molecule has 0 aliphatic heterocycles. The zero-order valence-electron chi connectivity index (χ0n) is 42.4. The van der Waals surface area contributed by atoms with Gasteiger partial charge >= 0.3 is 17.9 Å². The molecule has 410 valence electrons. The average molecular weight is 1070 g/mol. The van der Waals surface area contributed by atoms with E-state index in [0.29, 0.717) is 5.56 Å². The number of carbonyl (C=O) groups is 11. The van der Waals surface area contributed by atoms with Gasteiger partial charge in [0.2, 0.25) is 47.3 Å². The Hall–Kier alpha value is -6.15. The maximum Gasteiger partial charge on any atom is 0.326 e. The zero-order chi connectivity index (χ0) is 55.9. The fraction of sp³-hybridized carbons (Fsp3) is 0.638. The molecular weight excluding hydrogens is 995 g/mol. The van der Waals surface area contributed by atoms with Crippen molar-refractivity contribution in [3.05, 3.63) is 29.8 Å². The third-order valence-electron chi connectivity index (χ3n) is 11.1. The van der Waals surface area contributed by atoms with Crippen molar-refractivity contribution in [2.75, 3.05) is 11.5 Å². The molecular formula is C47H75N9O15S2. The van der Waals surface area contributed by atoms with Gasteiger partial charge in [-0.2, -0.15) is 25.3 Å². The minimum atomic E-state index is -1.70. The van der Waals surface area contributed by atoms with E-state index in [9.17, 15) is 68.1 Å². The van der Waals surface area contributed by atoms with Crippen molar-refractivity contribution >= 4 is 90.4 Å². The Morgan fingerprint density at radius 2 is 0.822 bits per heavy atom. The van der Waals surface area contributed by atoms with Gasteiger partial charge in [-0.1, -0.05) is 67.5 Å². The second-order valence-corrected chi connectivity index (χ2v) is 19.9. The highest BCUT2D eigenvalue weighted by atomic mass is 32.1. The normalized spacial score (nSPS) is 15.0. The van der Waals surface area contributed by atoms with E-state index in [4.69, 9.17) is 10.8 Å². The van der Waals surface area contributed by atoms with Crippen LogP contribution in [0.15, 0.2) is 24.3 Å². The molecule has 26 heteroatoms. The number of carboxylic acids is 3. The molecule has 0 fully saturated rings. The first-order chi connectivity index (χ1) is 34.0. The van der Waals surface area contributed by atoms with Gasteiger partial charge in [0.05, 0.1) is 6.04 Å². The van der Waals surface area contributed by atoms with Crippen LogP contribution in [-0.2, 0) is 59.2 Å². The molecule has 8 amide bonds. The van der Waals surface area contributed by atoms with Gasteiger partial charge in [0.15, 0.2) is 0 Å². The number of carboxylic acid groups (broad SMARTS) is 3. The molecule has 1 aromatic carbocycles. The largest absolute Gasteiger partial charge is 0.508 e. The Bertz CT molecular complexity index is 2080. The Balaban J connectivity index is 3.45. The van der Waals surface area contributed by atoms with Gasteiger partial charge in [-0.05, 0) is 67.1 Å². The number of nitrogens with one attached hydrogen (secondary N) is 8. The maximum absolute atomic E-state index is 14.2. The fourth-order valence-corrected chi connectivity index (χ4v) is 7.43. The molecule has 1 aromatic rings. The summed E-state index contributed by atoms with van der Waals surface area (Å²) in [7, 11) is 0. The number of phenolic OH excluding ortho intramolecular Hbond substituents is 1. The van der Waals surface area contributed by atoms with Crippen molar-refractivity contribution < 1.29 is 73.2 Å². The van der Waals surface area contributed by atoms with Crippen molar-refractivity contribution in [1.29, 1.82) is 0 Å². The number of carbonyl (C=O) groups excluding carboxylic acids is 8. The summed E-state index contributed by atoms with van der Waals surface area (Å²) in [5.74, 6) is -13.1. The molecule has 0 heterocycles. The number of amides is 8. The van der Waals surface area contributed by atoms with Crippen molar-refractivity contribution in [2.45, 2.75) is 155 Å². The number of thiol groups is 2. The molecule has 73 heavy (non-hydrogen) atoms. The fourth-order valence-electron chi connectivity index (χ4n) is 6.92. The van der Waals surface area contributed by atoms with Crippen LogP contribution in [0.5, 0.6) is 5.75 Å². The van der Waals surface area contributed by atoms with Crippen molar-refractivity contribution in [2.24, 2.45) is 29.4 Å². The molecule has 1 rings (SSSR count). The zero-order valence-corrected chi connectivity index (χ0v) is 44.2. The highest BCUT2D eigenvalue weighted by Gasteiger charge is 2.36. The van der Waals surface area contributed by atoms with E-state index in [-0.39, 0.29) is 54.3 Å². The molecule has 0 aromatic heterocycles. The number of aromatic hydroxyl groups is 1. The number of nitrogens with two attached hydrogens (primary N) is 1. The third-order valence-corrected chi connectivity index (χ3v) is 11.9. The number of benzene rings is 1. The monoisotopic (exact) mass is 1070 g/mol. The number of rotatable bonds is 33. The van der Waals surface area contributed by atoms with Crippen LogP contribution in [0.2, 0.25) is 0 Å². The van der Waals surface area contributed by atoms with E-state index in [2.05, 4.69) is 67.8 Å². The minimum absolute atomic E-state index is 0.0454. The molecule has 0 saturated heterocycles. The lowest BCUT2D eigenvalue weighted by Gasteiger charge is -2.29. The average Bonchev–Trinajstić information content (AvgIpc) is 3.30. The van der Waals surface area contributed by atoms with E-state index in [0.717, 1.165) is 0 Å². The second-order valence-electron chi connectivity index (χ2n) is 19.1. The van der Waals surface area contributed by atoms with Gasteiger partial charge < -0.3 is 68.7 Å². The summed E-state index contributed by atoms with van der Waals surface area (Å²) in [6.45, 7) is 13.7. The van der Waals surface area contributed by atoms with E-state index in [1.807, 2.05) is 13.8 Å². The predicted octanol–water partition coefficient (Wildman–Crippen LogP) is -0.782. The van der Waals surface area contributed by atoms with Crippen LogP contribution in [0.25, 0.3) is 0 Å². The molecule has 0 unspecified atom stereocenters. The number of aliphatic carboxylic acids is 3. The first-order valence-corrected chi connectivity index (χ1v) is 25.1.